The van der Waals surface area contributed by atoms with E-state index in [4.69, 9.17) is 10.5 Å². The molecular weight excluding hydrogens is 392 g/mol. The van der Waals surface area contributed by atoms with Crippen molar-refractivity contribution >= 4 is 5.91 Å². The van der Waals surface area contributed by atoms with E-state index in [1.54, 1.807) is 55.3 Å². The Hall–Kier alpha value is -3.70. The van der Waals surface area contributed by atoms with Crippen molar-refractivity contribution in [3.05, 3.63) is 59.4 Å². The van der Waals surface area contributed by atoms with Gasteiger partial charge < -0.3 is 15.4 Å². The number of rotatable bonds is 6. The van der Waals surface area contributed by atoms with Crippen LogP contribution in [0.3, 0.4) is 0 Å². The van der Waals surface area contributed by atoms with Crippen molar-refractivity contribution in [1.29, 1.82) is 5.26 Å². The summed E-state index contributed by atoms with van der Waals surface area (Å²) < 4.78 is 7.87. The number of pyridine rings is 1. The largest absolute Gasteiger partial charge is 0.439 e. The molecule has 1 aromatic carbocycles. The Bertz CT molecular complexity index is 1160. The Labute approximate surface area is 180 Å². The molecule has 1 saturated carbocycles. The number of aryl methyl sites for hydroxylation is 1. The van der Waals surface area contributed by atoms with Crippen LogP contribution in [0.2, 0.25) is 0 Å². The Balaban J connectivity index is 1.65. The van der Waals surface area contributed by atoms with Gasteiger partial charge in [-0.1, -0.05) is 6.07 Å². The number of aromatic nitrogens is 3. The van der Waals surface area contributed by atoms with Crippen molar-refractivity contribution in [1.82, 2.24) is 19.7 Å². The first kappa shape index (κ1) is 20.6. The fourth-order valence-corrected chi connectivity index (χ4v) is 3.32. The number of hydrogen-bond acceptors (Lipinski definition) is 6. The SMILES string of the molecule is CN(C)C(=O)C(N)c1ccc(-c2ccc(C#N)cc2Oc2cc(C3CC3)nn2C)nc1. The highest BCUT2D eigenvalue weighted by atomic mass is 16.5. The lowest BCUT2D eigenvalue weighted by Gasteiger charge is -2.17. The number of carbonyl (C=O) groups is 1. The summed E-state index contributed by atoms with van der Waals surface area (Å²) >= 11 is 0. The molecule has 0 aliphatic heterocycles. The second kappa shape index (κ2) is 8.20. The van der Waals surface area contributed by atoms with E-state index in [0.29, 0.717) is 34.4 Å². The van der Waals surface area contributed by atoms with Crippen LogP contribution >= 0.6 is 0 Å². The third-order valence-electron chi connectivity index (χ3n) is 5.30. The Morgan fingerprint density at radius 1 is 1.29 bits per heavy atom. The van der Waals surface area contributed by atoms with Crippen molar-refractivity contribution in [2.75, 3.05) is 14.1 Å². The molecule has 0 saturated heterocycles. The quantitative estimate of drug-likeness (QED) is 0.661. The normalized spacial score (nSPS) is 14.0. The molecule has 1 aliphatic rings. The molecule has 0 bridgehead atoms. The number of amides is 1. The zero-order chi connectivity index (χ0) is 22.1. The first-order valence-electron chi connectivity index (χ1n) is 10.1. The highest BCUT2D eigenvalue weighted by Crippen LogP contribution is 2.41. The smallest absolute Gasteiger partial charge is 0.243 e. The lowest BCUT2D eigenvalue weighted by atomic mass is 10.0. The van der Waals surface area contributed by atoms with Gasteiger partial charge in [0.15, 0.2) is 0 Å². The molecule has 1 amide bonds. The number of nitrogens with two attached hydrogens (primary N) is 1. The number of benzene rings is 1. The molecule has 2 N–H and O–H groups in total. The number of nitrogens with zero attached hydrogens (tertiary/aromatic N) is 5. The van der Waals surface area contributed by atoms with Crippen LogP contribution in [0.25, 0.3) is 11.3 Å². The molecule has 0 radical (unpaired) electrons. The number of ether oxygens (including phenoxy) is 1. The molecule has 8 nitrogen and oxygen atoms in total. The summed E-state index contributed by atoms with van der Waals surface area (Å²) in [6, 6.07) is 12.1. The van der Waals surface area contributed by atoms with E-state index >= 15 is 0 Å². The third-order valence-corrected chi connectivity index (χ3v) is 5.30. The topological polar surface area (TPSA) is 110 Å². The number of nitriles is 1. The molecule has 1 fully saturated rings. The summed E-state index contributed by atoms with van der Waals surface area (Å²) in [4.78, 5) is 18.1. The average Bonchev–Trinajstić information content (AvgIpc) is 3.56. The van der Waals surface area contributed by atoms with Crippen molar-refractivity contribution in [3.63, 3.8) is 0 Å². The maximum Gasteiger partial charge on any atom is 0.243 e. The maximum atomic E-state index is 12.1. The molecule has 1 unspecified atom stereocenters. The van der Waals surface area contributed by atoms with Crippen LogP contribution in [-0.2, 0) is 11.8 Å². The summed E-state index contributed by atoms with van der Waals surface area (Å²) in [6.45, 7) is 0. The summed E-state index contributed by atoms with van der Waals surface area (Å²) in [5.41, 5.74) is 9.56. The van der Waals surface area contributed by atoms with Gasteiger partial charge in [0, 0.05) is 44.9 Å². The van der Waals surface area contributed by atoms with Gasteiger partial charge in [-0.3, -0.25) is 9.78 Å². The Morgan fingerprint density at radius 2 is 2.06 bits per heavy atom. The predicted octanol–water partition coefficient (Wildman–Crippen LogP) is 3.11. The fourth-order valence-electron chi connectivity index (χ4n) is 3.32. The number of hydrogen-bond donors (Lipinski definition) is 1. The zero-order valence-electron chi connectivity index (χ0n) is 17.7. The Morgan fingerprint density at radius 3 is 2.68 bits per heavy atom. The standard InChI is InChI=1S/C23H24N6O2/c1-28(2)23(30)22(25)16-7-9-18(26-13-16)17-8-4-14(12-24)10-20(17)31-21-11-19(15-5-6-15)27-29(21)3/h4,7-11,13,15,22H,5-6,25H2,1-3H3. The van der Waals surface area contributed by atoms with Crippen LogP contribution in [-0.4, -0.2) is 39.7 Å². The molecule has 158 valence electrons. The molecular formula is C23H24N6O2. The van der Waals surface area contributed by atoms with Gasteiger partial charge in [0.1, 0.15) is 11.8 Å². The highest BCUT2D eigenvalue weighted by Gasteiger charge is 2.27. The van der Waals surface area contributed by atoms with E-state index in [0.717, 1.165) is 24.1 Å². The zero-order valence-corrected chi connectivity index (χ0v) is 17.7. The second-order valence-corrected chi connectivity index (χ2v) is 7.92. The van der Waals surface area contributed by atoms with Gasteiger partial charge in [-0.2, -0.15) is 10.4 Å². The van der Waals surface area contributed by atoms with E-state index in [1.807, 2.05) is 13.1 Å². The van der Waals surface area contributed by atoms with Crippen LogP contribution < -0.4 is 10.5 Å². The van der Waals surface area contributed by atoms with Gasteiger partial charge in [0.2, 0.25) is 11.8 Å². The van der Waals surface area contributed by atoms with E-state index in [-0.39, 0.29) is 5.91 Å². The van der Waals surface area contributed by atoms with E-state index in [9.17, 15) is 10.1 Å². The monoisotopic (exact) mass is 416 g/mol. The minimum absolute atomic E-state index is 0.195. The van der Waals surface area contributed by atoms with E-state index < -0.39 is 6.04 Å². The van der Waals surface area contributed by atoms with Crippen LogP contribution in [0, 0.1) is 11.3 Å². The summed E-state index contributed by atoms with van der Waals surface area (Å²) in [7, 11) is 5.17. The van der Waals surface area contributed by atoms with Gasteiger partial charge >= 0.3 is 0 Å². The molecule has 1 atom stereocenters. The fraction of sp³-hybridized carbons (Fsp3) is 0.304. The third kappa shape index (κ3) is 4.27. The highest BCUT2D eigenvalue weighted by molar-refractivity contribution is 5.82. The van der Waals surface area contributed by atoms with Gasteiger partial charge in [-0.25, -0.2) is 4.68 Å². The number of likely N-dealkylation sites (N-methyl/N-ethyl adjacent to an activating group) is 1. The lowest BCUT2D eigenvalue weighted by molar-refractivity contribution is -0.130. The van der Waals surface area contributed by atoms with Crippen LogP contribution in [0.5, 0.6) is 11.6 Å². The lowest BCUT2D eigenvalue weighted by Crippen LogP contribution is -2.33. The van der Waals surface area contributed by atoms with Gasteiger partial charge in [-0.05, 0) is 42.7 Å². The number of carbonyl (C=O) groups excluding carboxylic acids is 1. The average molecular weight is 416 g/mol. The van der Waals surface area contributed by atoms with Crippen molar-refractivity contribution in [3.8, 4) is 29.0 Å². The minimum atomic E-state index is -0.775. The first-order chi connectivity index (χ1) is 14.9. The van der Waals surface area contributed by atoms with Gasteiger partial charge in [-0.15, -0.1) is 0 Å². The molecule has 1 aliphatic carbocycles. The maximum absolute atomic E-state index is 12.1. The van der Waals surface area contributed by atoms with E-state index in [2.05, 4.69) is 16.2 Å². The molecule has 0 spiro atoms. The molecule has 31 heavy (non-hydrogen) atoms. The van der Waals surface area contributed by atoms with Gasteiger partial charge in [0.05, 0.1) is 23.0 Å². The predicted molar refractivity (Wildman–Crippen MR) is 115 cm³/mol. The summed E-state index contributed by atoms with van der Waals surface area (Å²) in [5.74, 6) is 1.43. The Kier molecular flexibility index (Phi) is 5.44. The van der Waals surface area contributed by atoms with Gasteiger partial charge in [0.25, 0.3) is 0 Å². The molecule has 4 rings (SSSR count). The molecule has 2 aromatic heterocycles. The first-order valence-corrected chi connectivity index (χ1v) is 10.1. The van der Waals surface area contributed by atoms with Crippen LogP contribution in [0.1, 0.15) is 41.6 Å². The molecule has 2 heterocycles. The second-order valence-electron chi connectivity index (χ2n) is 7.92. The van der Waals surface area contributed by atoms with Crippen LogP contribution in [0.15, 0.2) is 42.6 Å². The molecule has 8 heteroatoms. The van der Waals surface area contributed by atoms with E-state index in [1.165, 1.54) is 4.90 Å². The summed E-state index contributed by atoms with van der Waals surface area (Å²) in [5, 5.41) is 13.9. The van der Waals surface area contributed by atoms with Crippen molar-refractivity contribution < 1.29 is 9.53 Å². The van der Waals surface area contributed by atoms with Crippen molar-refractivity contribution in [2.45, 2.75) is 24.8 Å². The van der Waals surface area contributed by atoms with Crippen molar-refractivity contribution in [2.24, 2.45) is 12.8 Å². The van der Waals surface area contributed by atoms with Crippen LogP contribution in [0.4, 0.5) is 0 Å². The molecule has 3 aromatic rings. The summed E-state index contributed by atoms with van der Waals surface area (Å²) in [6.07, 6.45) is 3.90. The minimum Gasteiger partial charge on any atom is -0.439 e.